The summed E-state index contributed by atoms with van der Waals surface area (Å²) in [6.07, 6.45) is 1.61. The highest BCUT2D eigenvalue weighted by Crippen LogP contribution is 2.13. The summed E-state index contributed by atoms with van der Waals surface area (Å²) in [6.45, 7) is 4.03. The minimum atomic E-state index is 0.0235. The molecule has 0 saturated carbocycles. The van der Waals surface area contributed by atoms with Crippen molar-refractivity contribution in [1.29, 1.82) is 0 Å². The van der Waals surface area contributed by atoms with Crippen LogP contribution in [-0.4, -0.2) is 30.6 Å². The lowest BCUT2D eigenvalue weighted by molar-refractivity contribution is -0.121. The highest BCUT2D eigenvalue weighted by Gasteiger charge is 2.24. The number of aromatic nitrogens is 1. The van der Waals surface area contributed by atoms with Gasteiger partial charge in [-0.25, -0.2) is 4.98 Å². The zero-order valence-corrected chi connectivity index (χ0v) is 9.19. The van der Waals surface area contributed by atoms with Crippen LogP contribution in [0.2, 0.25) is 0 Å². The zero-order valence-electron chi connectivity index (χ0n) is 9.19. The van der Waals surface area contributed by atoms with E-state index in [1.165, 1.54) is 0 Å². The third-order valence-corrected chi connectivity index (χ3v) is 2.45. The molecule has 5 nitrogen and oxygen atoms in total. The minimum absolute atomic E-state index is 0.0235. The Morgan fingerprint density at radius 3 is 2.94 bits per heavy atom. The molecular weight excluding hydrogens is 206 g/mol. The molecule has 0 bridgehead atoms. The molecule has 1 saturated heterocycles. The molecule has 0 aromatic carbocycles. The van der Waals surface area contributed by atoms with E-state index in [4.69, 9.17) is 4.74 Å². The SMILES string of the molecule is CCOc1ccc(NC(=O)C2CNC2)nc1. The van der Waals surface area contributed by atoms with E-state index in [1.807, 2.05) is 6.92 Å². The molecule has 0 spiro atoms. The molecule has 2 rings (SSSR count). The molecule has 0 aliphatic carbocycles. The Morgan fingerprint density at radius 1 is 1.62 bits per heavy atom. The second-order valence-corrected chi connectivity index (χ2v) is 3.66. The normalized spacial score (nSPS) is 15.3. The molecule has 1 fully saturated rings. The summed E-state index contributed by atoms with van der Waals surface area (Å²) >= 11 is 0. The maximum atomic E-state index is 11.6. The standard InChI is InChI=1S/C11H15N3O2/c1-2-16-9-3-4-10(13-7-9)14-11(15)8-5-12-6-8/h3-4,7-8,12H,2,5-6H2,1H3,(H,13,14,15). The summed E-state index contributed by atoms with van der Waals surface area (Å²) in [7, 11) is 0. The number of carbonyl (C=O) groups excluding carboxylic acids is 1. The average Bonchev–Trinajstić information content (AvgIpc) is 2.18. The van der Waals surface area contributed by atoms with Crippen molar-refractivity contribution in [2.45, 2.75) is 6.92 Å². The van der Waals surface area contributed by atoms with Crippen LogP contribution in [-0.2, 0) is 4.79 Å². The van der Waals surface area contributed by atoms with Gasteiger partial charge in [0.25, 0.3) is 0 Å². The van der Waals surface area contributed by atoms with Crippen LogP contribution in [0.25, 0.3) is 0 Å². The van der Waals surface area contributed by atoms with Crippen LogP contribution >= 0.6 is 0 Å². The Kier molecular flexibility index (Phi) is 3.36. The van der Waals surface area contributed by atoms with Gasteiger partial charge in [0.2, 0.25) is 5.91 Å². The van der Waals surface area contributed by atoms with Gasteiger partial charge < -0.3 is 15.4 Å². The molecule has 1 aliphatic rings. The average molecular weight is 221 g/mol. The van der Waals surface area contributed by atoms with Gasteiger partial charge in [0.15, 0.2) is 0 Å². The van der Waals surface area contributed by atoms with E-state index < -0.39 is 0 Å². The van der Waals surface area contributed by atoms with Crippen molar-refractivity contribution < 1.29 is 9.53 Å². The van der Waals surface area contributed by atoms with Gasteiger partial charge in [-0.2, -0.15) is 0 Å². The van der Waals surface area contributed by atoms with Crippen molar-refractivity contribution in [3.05, 3.63) is 18.3 Å². The van der Waals surface area contributed by atoms with E-state index in [0.29, 0.717) is 18.2 Å². The number of amides is 1. The quantitative estimate of drug-likeness (QED) is 0.783. The molecule has 1 amide bonds. The highest BCUT2D eigenvalue weighted by atomic mass is 16.5. The molecule has 1 aliphatic heterocycles. The van der Waals surface area contributed by atoms with Gasteiger partial charge in [0.05, 0.1) is 18.7 Å². The first-order chi connectivity index (χ1) is 7.79. The minimum Gasteiger partial charge on any atom is -0.492 e. The van der Waals surface area contributed by atoms with Crippen LogP contribution in [0.1, 0.15) is 6.92 Å². The van der Waals surface area contributed by atoms with Gasteiger partial charge in [-0.1, -0.05) is 0 Å². The number of rotatable bonds is 4. The zero-order chi connectivity index (χ0) is 11.4. The maximum absolute atomic E-state index is 11.6. The van der Waals surface area contributed by atoms with Gasteiger partial charge in [-0.05, 0) is 19.1 Å². The topological polar surface area (TPSA) is 63.2 Å². The van der Waals surface area contributed by atoms with E-state index in [0.717, 1.165) is 13.1 Å². The van der Waals surface area contributed by atoms with Crippen LogP contribution in [0.5, 0.6) is 5.75 Å². The second-order valence-electron chi connectivity index (χ2n) is 3.66. The molecule has 0 unspecified atom stereocenters. The van der Waals surface area contributed by atoms with E-state index >= 15 is 0 Å². The van der Waals surface area contributed by atoms with Crippen LogP contribution in [0, 0.1) is 5.92 Å². The number of pyridine rings is 1. The van der Waals surface area contributed by atoms with Crippen LogP contribution in [0.4, 0.5) is 5.82 Å². The van der Waals surface area contributed by atoms with Gasteiger partial charge in [0.1, 0.15) is 11.6 Å². The van der Waals surface area contributed by atoms with Crippen LogP contribution in [0.3, 0.4) is 0 Å². The maximum Gasteiger partial charge on any atom is 0.231 e. The molecule has 0 radical (unpaired) electrons. The Morgan fingerprint density at radius 2 is 2.44 bits per heavy atom. The molecule has 1 aromatic heterocycles. The van der Waals surface area contributed by atoms with Gasteiger partial charge >= 0.3 is 0 Å². The van der Waals surface area contributed by atoms with Crippen LogP contribution in [0.15, 0.2) is 18.3 Å². The Hall–Kier alpha value is -1.62. The summed E-state index contributed by atoms with van der Waals surface area (Å²) < 4.78 is 5.26. The summed E-state index contributed by atoms with van der Waals surface area (Å²) in [6, 6.07) is 3.54. The van der Waals surface area contributed by atoms with Crippen molar-refractivity contribution in [2.24, 2.45) is 5.92 Å². The number of nitrogens with one attached hydrogen (secondary N) is 2. The van der Waals surface area contributed by atoms with E-state index in [2.05, 4.69) is 15.6 Å². The third kappa shape index (κ3) is 2.49. The Labute approximate surface area is 94.2 Å². The van der Waals surface area contributed by atoms with Crippen molar-refractivity contribution in [1.82, 2.24) is 10.3 Å². The highest BCUT2D eigenvalue weighted by molar-refractivity contribution is 5.92. The molecule has 2 heterocycles. The van der Waals surface area contributed by atoms with Crippen molar-refractivity contribution >= 4 is 11.7 Å². The predicted molar refractivity (Wildman–Crippen MR) is 60.4 cm³/mol. The summed E-state index contributed by atoms with van der Waals surface area (Å²) in [5.41, 5.74) is 0. The lowest BCUT2D eigenvalue weighted by Gasteiger charge is -2.25. The first-order valence-corrected chi connectivity index (χ1v) is 5.40. The van der Waals surface area contributed by atoms with E-state index in [9.17, 15) is 4.79 Å². The molecule has 1 aromatic rings. The van der Waals surface area contributed by atoms with Crippen molar-refractivity contribution in [3.63, 3.8) is 0 Å². The van der Waals surface area contributed by atoms with Gasteiger partial charge in [-0.15, -0.1) is 0 Å². The first-order valence-electron chi connectivity index (χ1n) is 5.40. The largest absolute Gasteiger partial charge is 0.492 e. The Balaban J connectivity index is 1.91. The first kappa shape index (κ1) is 10.9. The molecule has 86 valence electrons. The predicted octanol–water partition coefficient (Wildman–Crippen LogP) is 0.638. The molecule has 2 N–H and O–H groups in total. The fourth-order valence-corrected chi connectivity index (χ4v) is 1.41. The van der Waals surface area contributed by atoms with Crippen LogP contribution < -0.4 is 15.4 Å². The van der Waals surface area contributed by atoms with Gasteiger partial charge in [-0.3, -0.25) is 4.79 Å². The smallest absolute Gasteiger partial charge is 0.231 e. The molecule has 5 heteroatoms. The number of ether oxygens (including phenoxy) is 1. The monoisotopic (exact) mass is 221 g/mol. The lowest BCUT2D eigenvalue weighted by atomic mass is 10.0. The third-order valence-electron chi connectivity index (χ3n) is 2.45. The molecular formula is C11H15N3O2. The number of nitrogens with zero attached hydrogens (tertiary/aromatic N) is 1. The van der Waals surface area contributed by atoms with Crippen molar-refractivity contribution in [2.75, 3.05) is 25.0 Å². The summed E-state index contributed by atoms with van der Waals surface area (Å²) in [5, 5.41) is 5.82. The lowest BCUT2D eigenvalue weighted by Crippen LogP contribution is -2.48. The second kappa shape index (κ2) is 4.94. The molecule has 16 heavy (non-hydrogen) atoms. The van der Waals surface area contributed by atoms with E-state index in [1.54, 1.807) is 18.3 Å². The number of hydrogen-bond donors (Lipinski definition) is 2. The molecule has 0 atom stereocenters. The Bertz CT molecular complexity index is 360. The summed E-state index contributed by atoms with van der Waals surface area (Å²) in [5.74, 6) is 1.38. The number of hydrogen-bond acceptors (Lipinski definition) is 4. The number of anilines is 1. The van der Waals surface area contributed by atoms with Crippen molar-refractivity contribution in [3.8, 4) is 5.75 Å². The van der Waals surface area contributed by atoms with Gasteiger partial charge in [0, 0.05) is 13.1 Å². The summed E-state index contributed by atoms with van der Waals surface area (Å²) in [4.78, 5) is 15.7. The fourth-order valence-electron chi connectivity index (χ4n) is 1.41. The fraction of sp³-hybridized carbons (Fsp3) is 0.455. The van der Waals surface area contributed by atoms with E-state index in [-0.39, 0.29) is 11.8 Å². The number of carbonyl (C=O) groups is 1.